The molecule has 0 unspecified atom stereocenters. The Bertz CT molecular complexity index is 520. The zero-order chi connectivity index (χ0) is 20.8. The van der Waals surface area contributed by atoms with Gasteiger partial charge in [0.1, 0.15) is 0 Å². The van der Waals surface area contributed by atoms with E-state index in [1.807, 2.05) is 109 Å². The van der Waals surface area contributed by atoms with Crippen LogP contribution in [0.1, 0.15) is 7.43 Å². The summed E-state index contributed by atoms with van der Waals surface area (Å²) in [5.41, 5.74) is 0. The molecule has 0 bridgehead atoms. The van der Waals surface area contributed by atoms with Crippen molar-refractivity contribution in [3.63, 3.8) is 0 Å². The fourth-order valence-electron chi connectivity index (χ4n) is 1.15. The Morgan fingerprint density at radius 2 is 0.357 bits per heavy atom. The molecule has 6 nitrogen and oxygen atoms in total. The van der Waals surface area contributed by atoms with E-state index in [9.17, 15) is 0 Å². The predicted octanol–water partition coefficient (Wildman–Crippen LogP) is 5.37. The first-order valence-corrected chi connectivity index (χ1v) is 7.28. The Hall–Kier alpha value is -4.20. The summed E-state index contributed by atoms with van der Waals surface area (Å²) in [7, 11) is 0. The molecule has 0 heterocycles. The van der Waals surface area contributed by atoms with E-state index in [1.54, 1.807) is 0 Å². The zero-order valence-corrected chi connectivity index (χ0v) is 14.5. The van der Waals surface area contributed by atoms with Gasteiger partial charge in [-0.2, -0.15) is 0 Å². The Morgan fingerprint density at radius 3 is 0.393 bits per heavy atom. The standard InChI is InChI=1S/3C6H6.3CNO.CH4/c3*1-2-4-6-5-3-1;3*2-1-3;/h3*1-6H;;;;1H4/q;;;3*-1;. The molecule has 0 fully saturated rings. The molecule has 0 aliphatic carbocycles. The van der Waals surface area contributed by atoms with Gasteiger partial charge < -0.3 is 16.2 Å². The molecule has 0 N–H and O–H groups in total. The molecule has 0 amide bonds. The molecule has 0 radical (unpaired) electrons. The van der Waals surface area contributed by atoms with Crippen LogP contribution >= 0.6 is 0 Å². The lowest BCUT2D eigenvalue weighted by Crippen LogP contribution is -1.47. The highest BCUT2D eigenvalue weighted by atomic mass is 16.1. The molecule has 146 valence electrons. The van der Waals surface area contributed by atoms with Crippen molar-refractivity contribution in [1.29, 1.82) is 0 Å². The maximum atomic E-state index is 8.24. The number of hydrogen-bond acceptors (Lipinski definition) is 3. The third kappa shape index (κ3) is 49.5. The van der Waals surface area contributed by atoms with Crippen molar-refractivity contribution in [2.45, 2.75) is 7.43 Å². The monoisotopic (exact) mass is 376 g/mol. The van der Waals surface area contributed by atoms with Gasteiger partial charge in [-0.25, -0.2) is 0 Å². The first-order chi connectivity index (χ1) is 13.2. The smallest absolute Gasteiger partial charge is 0.0159 e. The normalized spacial score (nSPS) is 6.00. The van der Waals surface area contributed by atoms with Gasteiger partial charge in [0.05, 0.1) is 0 Å². The van der Waals surface area contributed by atoms with E-state index < -0.39 is 0 Å². The second-order valence-corrected chi connectivity index (χ2v) is 3.74. The molecular weight excluding hydrogens is 354 g/mol. The Labute approximate surface area is 166 Å². The number of benzene rings is 3. The van der Waals surface area contributed by atoms with Crippen LogP contribution in [0.3, 0.4) is 0 Å². The van der Waals surface area contributed by atoms with Crippen molar-refractivity contribution in [3.8, 4) is 0 Å². The topological polar surface area (TPSA) is 118 Å². The molecular formula is C22H22N3O3-3. The number of rotatable bonds is 0. The van der Waals surface area contributed by atoms with Gasteiger partial charge in [-0.3, -0.25) is 14.4 Å². The van der Waals surface area contributed by atoms with Crippen LogP contribution < -0.4 is 0 Å². The summed E-state index contributed by atoms with van der Waals surface area (Å²) in [5.74, 6) is 0. The Morgan fingerprint density at radius 1 is 0.321 bits per heavy atom. The second-order valence-electron chi connectivity index (χ2n) is 3.74. The van der Waals surface area contributed by atoms with Crippen LogP contribution in [0.4, 0.5) is 0 Å². The molecule has 0 saturated heterocycles. The minimum absolute atomic E-state index is 0. The summed E-state index contributed by atoms with van der Waals surface area (Å²) in [6, 6.07) is 36.0. The summed E-state index contributed by atoms with van der Waals surface area (Å²) in [4.78, 5) is 24.7. The number of nitrogens with zero attached hydrogens (tertiary/aromatic N) is 3. The number of carbonyl (C=O) groups excluding carboxylic acids is 3. The quantitative estimate of drug-likeness (QED) is 0.387. The lowest BCUT2D eigenvalue weighted by Gasteiger charge is -1.69. The van der Waals surface area contributed by atoms with Crippen LogP contribution in [-0.2, 0) is 14.4 Å². The van der Waals surface area contributed by atoms with Crippen molar-refractivity contribution < 1.29 is 14.4 Å². The van der Waals surface area contributed by atoms with Crippen molar-refractivity contribution in [2.75, 3.05) is 0 Å². The summed E-state index contributed by atoms with van der Waals surface area (Å²) in [5, 5.41) is 20.3. The second kappa shape index (κ2) is 38.4. The van der Waals surface area contributed by atoms with Crippen LogP contribution in [0.25, 0.3) is 16.2 Å². The summed E-state index contributed by atoms with van der Waals surface area (Å²) < 4.78 is 0. The highest BCUT2D eigenvalue weighted by Crippen LogP contribution is 1.81. The van der Waals surface area contributed by atoms with Crippen molar-refractivity contribution in [3.05, 3.63) is 125 Å². The van der Waals surface area contributed by atoms with Gasteiger partial charge in [0.25, 0.3) is 0 Å². The number of isocyanates is 3. The molecule has 0 aliphatic heterocycles. The van der Waals surface area contributed by atoms with Crippen LogP contribution in [0.15, 0.2) is 109 Å². The van der Waals surface area contributed by atoms with E-state index in [0.29, 0.717) is 18.2 Å². The van der Waals surface area contributed by atoms with E-state index in [2.05, 4.69) is 0 Å². The molecule has 3 rings (SSSR count). The van der Waals surface area contributed by atoms with Crippen LogP contribution in [-0.4, -0.2) is 18.2 Å². The van der Waals surface area contributed by atoms with Gasteiger partial charge in [0.15, 0.2) is 0 Å². The molecule has 28 heavy (non-hydrogen) atoms. The largest absolute Gasteiger partial charge is 0.724 e. The van der Waals surface area contributed by atoms with Crippen molar-refractivity contribution >= 4 is 18.2 Å². The van der Waals surface area contributed by atoms with Crippen molar-refractivity contribution in [1.82, 2.24) is 0 Å². The fraction of sp³-hybridized carbons (Fsp3) is 0.0455. The first kappa shape index (κ1) is 31.6. The minimum atomic E-state index is 0. The molecule has 3 aromatic carbocycles. The first-order valence-electron chi connectivity index (χ1n) is 7.28. The third-order valence-electron chi connectivity index (χ3n) is 2.00. The highest BCUT2D eigenvalue weighted by molar-refractivity contribution is 5.37. The summed E-state index contributed by atoms with van der Waals surface area (Å²) in [6.07, 6.45) is 1.50. The average Bonchev–Trinajstić information content (AvgIpc) is 2.75. The third-order valence-corrected chi connectivity index (χ3v) is 2.00. The maximum Gasteiger partial charge on any atom is -0.0159 e. The van der Waals surface area contributed by atoms with Crippen LogP contribution in [0.5, 0.6) is 0 Å². The molecule has 3 aromatic rings. The van der Waals surface area contributed by atoms with Gasteiger partial charge >= 0.3 is 0 Å². The SMILES string of the molecule is C.[N-]=C=O.[N-]=C=O.[N-]=C=O.c1ccccc1.c1ccccc1.c1ccccc1. The van der Waals surface area contributed by atoms with Crippen molar-refractivity contribution in [2.24, 2.45) is 0 Å². The molecule has 0 aliphatic rings. The van der Waals surface area contributed by atoms with Gasteiger partial charge in [-0.1, -0.05) is 117 Å². The molecule has 0 aromatic heterocycles. The molecule has 6 heteroatoms. The van der Waals surface area contributed by atoms with Gasteiger partial charge in [0.2, 0.25) is 0 Å². The average molecular weight is 376 g/mol. The number of hydrogen-bond donors (Lipinski definition) is 0. The highest BCUT2D eigenvalue weighted by Gasteiger charge is 1.59. The van der Waals surface area contributed by atoms with Gasteiger partial charge in [-0.15, -0.1) is 0 Å². The fourth-order valence-corrected chi connectivity index (χ4v) is 1.15. The van der Waals surface area contributed by atoms with Crippen LogP contribution in [0.2, 0.25) is 0 Å². The summed E-state index contributed by atoms with van der Waals surface area (Å²) in [6.45, 7) is 0. The van der Waals surface area contributed by atoms with Gasteiger partial charge in [0, 0.05) is 0 Å². The van der Waals surface area contributed by atoms with Crippen LogP contribution in [0, 0.1) is 0 Å². The lowest BCUT2D eigenvalue weighted by atomic mass is 10.4. The maximum absolute atomic E-state index is 8.24. The summed E-state index contributed by atoms with van der Waals surface area (Å²) >= 11 is 0. The van der Waals surface area contributed by atoms with E-state index in [4.69, 9.17) is 30.6 Å². The molecule has 0 spiro atoms. The Kier molecular flexibility index (Phi) is 43.3. The van der Waals surface area contributed by atoms with Gasteiger partial charge in [-0.05, 0) is 18.2 Å². The molecule has 0 atom stereocenters. The van der Waals surface area contributed by atoms with E-state index in [0.717, 1.165) is 0 Å². The minimum Gasteiger partial charge on any atom is -0.724 e. The lowest BCUT2D eigenvalue weighted by molar-refractivity contribution is 0.568. The van der Waals surface area contributed by atoms with E-state index in [1.165, 1.54) is 0 Å². The zero-order valence-electron chi connectivity index (χ0n) is 14.5. The van der Waals surface area contributed by atoms with E-state index in [-0.39, 0.29) is 7.43 Å². The van der Waals surface area contributed by atoms with E-state index >= 15 is 0 Å². The Balaban J connectivity index is -0.000000127. The molecule has 0 saturated carbocycles. The predicted molar refractivity (Wildman–Crippen MR) is 113 cm³/mol.